The molecule has 0 amide bonds. The van der Waals surface area contributed by atoms with Gasteiger partial charge in [-0.3, -0.25) is 4.98 Å². The predicted molar refractivity (Wildman–Crippen MR) is 82.2 cm³/mol. The Labute approximate surface area is 123 Å². The van der Waals surface area contributed by atoms with Crippen molar-refractivity contribution in [3.05, 3.63) is 57.8 Å². The van der Waals surface area contributed by atoms with Gasteiger partial charge in [0.2, 0.25) is 0 Å². The van der Waals surface area contributed by atoms with Gasteiger partial charge in [0, 0.05) is 16.9 Å². The molecule has 0 fully saturated rings. The number of pyridine rings is 1. The molecular formula is C14H12BrN3S. The molecule has 0 radical (unpaired) electrons. The van der Waals surface area contributed by atoms with Crippen molar-refractivity contribution in [2.24, 2.45) is 5.73 Å². The summed E-state index contributed by atoms with van der Waals surface area (Å²) in [6.45, 7) is 0. The minimum Gasteiger partial charge on any atom is -0.322 e. The van der Waals surface area contributed by atoms with Crippen molar-refractivity contribution in [2.75, 3.05) is 0 Å². The quantitative estimate of drug-likeness (QED) is 0.795. The highest BCUT2D eigenvalue weighted by Crippen LogP contribution is 2.27. The predicted octanol–water partition coefficient (Wildman–Crippen LogP) is 3.70. The third-order valence-corrected chi connectivity index (χ3v) is 4.45. The average Bonchev–Trinajstić information content (AvgIpc) is 2.82. The number of para-hydroxylation sites is 1. The Morgan fingerprint density at radius 3 is 2.89 bits per heavy atom. The Bertz CT molecular complexity index is 677. The summed E-state index contributed by atoms with van der Waals surface area (Å²) in [6, 6.07) is 10.1. The highest BCUT2D eigenvalue weighted by Gasteiger charge is 2.12. The normalized spacial score (nSPS) is 12.7. The van der Waals surface area contributed by atoms with E-state index in [1.165, 1.54) is 4.70 Å². The van der Waals surface area contributed by atoms with E-state index in [0.717, 1.165) is 27.0 Å². The van der Waals surface area contributed by atoms with Gasteiger partial charge in [-0.25, -0.2) is 4.98 Å². The lowest BCUT2D eigenvalue weighted by molar-refractivity contribution is 0.714. The largest absolute Gasteiger partial charge is 0.322 e. The molecule has 3 nitrogen and oxygen atoms in total. The molecule has 1 aromatic carbocycles. The smallest absolute Gasteiger partial charge is 0.111 e. The van der Waals surface area contributed by atoms with Crippen molar-refractivity contribution in [1.82, 2.24) is 9.97 Å². The van der Waals surface area contributed by atoms with E-state index in [-0.39, 0.29) is 6.04 Å². The maximum absolute atomic E-state index is 6.25. The van der Waals surface area contributed by atoms with Crippen LogP contribution in [0.2, 0.25) is 0 Å². The van der Waals surface area contributed by atoms with Gasteiger partial charge < -0.3 is 5.73 Å². The van der Waals surface area contributed by atoms with Crippen molar-refractivity contribution in [2.45, 2.75) is 12.5 Å². The second-order valence-corrected chi connectivity index (χ2v) is 6.32. The van der Waals surface area contributed by atoms with Gasteiger partial charge in [-0.1, -0.05) is 12.1 Å². The molecule has 2 N–H and O–H groups in total. The van der Waals surface area contributed by atoms with Crippen molar-refractivity contribution in [3.8, 4) is 0 Å². The summed E-state index contributed by atoms with van der Waals surface area (Å²) in [5.41, 5.74) is 8.38. The minimum absolute atomic E-state index is 0.0894. The number of thiazole rings is 1. The Morgan fingerprint density at radius 2 is 2.11 bits per heavy atom. The topological polar surface area (TPSA) is 51.8 Å². The highest BCUT2D eigenvalue weighted by atomic mass is 79.9. The number of hydrogen-bond acceptors (Lipinski definition) is 4. The average molecular weight is 334 g/mol. The molecule has 0 saturated carbocycles. The minimum atomic E-state index is -0.0894. The lowest BCUT2D eigenvalue weighted by Crippen LogP contribution is -2.13. The standard InChI is InChI=1S/C14H12BrN3S/c15-10-5-9(7-17-8-10)6-11(16)14-18-12-3-1-2-4-13(12)19-14/h1-5,7-8,11H,6,16H2. The van der Waals surface area contributed by atoms with E-state index in [1.54, 1.807) is 17.5 Å². The molecule has 2 aromatic heterocycles. The molecule has 2 heterocycles. The van der Waals surface area contributed by atoms with Gasteiger partial charge in [0.05, 0.1) is 16.3 Å². The molecular weight excluding hydrogens is 322 g/mol. The first-order valence-electron chi connectivity index (χ1n) is 5.93. The first kappa shape index (κ1) is 12.7. The molecule has 3 aromatic rings. The van der Waals surface area contributed by atoms with Crippen LogP contribution in [0.5, 0.6) is 0 Å². The Kier molecular flexibility index (Phi) is 3.59. The summed E-state index contributed by atoms with van der Waals surface area (Å²) in [5.74, 6) is 0. The highest BCUT2D eigenvalue weighted by molar-refractivity contribution is 9.10. The summed E-state index contributed by atoms with van der Waals surface area (Å²) < 4.78 is 2.15. The lowest BCUT2D eigenvalue weighted by atomic mass is 10.1. The maximum atomic E-state index is 6.25. The molecule has 19 heavy (non-hydrogen) atoms. The van der Waals surface area contributed by atoms with Gasteiger partial charge in [-0.2, -0.15) is 0 Å². The fourth-order valence-corrected chi connectivity index (χ4v) is 3.34. The number of fused-ring (bicyclic) bond motifs is 1. The molecule has 0 saturated heterocycles. The van der Waals surface area contributed by atoms with E-state index in [4.69, 9.17) is 5.73 Å². The Morgan fingerprint density at radius 1 is 1.26 bits per heavy atom. The van der Waals surface area contributed by atoms with Crippen molar-refractivity contribution >= 4 is 37.5 Å². The van der Waals surface area contributed by atoms with Gasteiger partial charge in [-0.05, 0) is 46.1 Å². The van der Waals surface area contributed by atoms with Crippen molar-refractivity contribution in [3.63, 3.8) is 0 Å². The van der Waals surface area contributed by atoms with E-state index in [1.807, 2.05) is 30.5 Å². The summed E-state index contributed by atoms with van der Waals surface area (Å²) >= 11 is 5.08. The van der Waals surface area contributed by atoms with Crippen LogP contribution in [0.4, 0.5) is 0 Å². The molecule has 0 aliphatic rings. The first-order valence-corrected chi connectivity index (χ1v) is 7.54. The second kappa shape index (κ2) is 5.36. The van der Waals surface area contributed by atoms with E-state index >= 15 is 0 Å². The molecule has 1 unspecified atom stereocenters. The summed E-state index contributed by atoms with van der Waals surface area (Å²) in [6.07, 6.45) is 4.36. The summed E-state index contributed by atoms with van der Waals surface area (Å²) in [5, 5.41) is 0.973. The van der Waals surface area contributed by atoms with Gasteiger partial charge in [0.1, 0.15) is 5.01 Å². The molecule has 1 atom stereocenters. The lowest BCUT2D eigenvalue weighted by Gasteiger charge is -2.08. The van der Waals surface area contributed by atoms with Gasteiger partial charge in [-0.15, -0.1) is 11.3 Å². The van der Waals surface area contributed by atoms with Crippen LogP contribution in [0.25, 0.3) is 10.2 Å². The monoisotopic (exact) mass is 333 g/mol. The Balaban J connectivity index is 1.85. The number of rotatable bonds is 3. The number of benzene rings is 1. The maximum Gasteiger partial charge on any atom is 0.111 e. The Hall–Kier alpha value is -1.30. The molecule has 96 valence electrons. The molecule has 0 spiro atoms. The van der Waals surface area contributed by atoms with Crippen molar-refractivity contribution < 1.29 is 0 Å². The van der Waals surface area contributed by atoms with Crippen LogP contribution in [0.15, 0.2) is 47.2 Å². The second-order valence-electron chi connectivity index (χ2n) is 4.34. The van der Waals surface area contributed by atoms with E-state index in [0.29, 0.717) is 0 Å². The van der Waals surface area contributed by atoms with Crippen LogP contribution < -0.4 is 5.73 Å². The SMILES string of the molecule is NC(Cc1cncc(Br)c1)c1nc2ccccc2s1. The van der Waals surface area contributed by atoms with E-state index in [9.17, 15) is 0 Å². The zero-order chi connectivity index (χ0) is 13.2. The zero-order valence-electron chi connectivity index (χ0n) is 10.1. The van der Waals surface area contributed by atoms with Gasteiger partial charge >= 0.3 is 0 Å². The van der Waals surface area contributed by atoms with Crippen LogP contribution in [-0.2, 0) is 6.42 Å². The number of halogens is 1. The van der Waals surface area contributed by atoms with Crippen LogP contribution in [-0.4, -0.2) is 9.97 Å². The molecule has 3 rings (SSSR count). The van der Waals surface area contributed by atoms with Crippen LogP contribution in [0, 0.1) is 0 Å². The number of aromatic nitrogens is 2. The van der Waals surface area contributed by atoms with Gasteiger partial charge in [0.15, 0.2) is 0 Å². The number of nitrogens with zero attached hydrogens (tertiary/aromatic N) is 2. The molecule has 0 aliphatic heterocycles. The van der Waals surface area contributed by atoms with Crippen LogP contribution >= 0.6 is 27.3 Å². The van der Waals surface area contributed by atoms with E-state index in [2.05, 4.69) is 32.0 Å². The summed E-state index contributed by atoms with van der Waals surface area (Å²) in [4.78, 5) is 8.75. The van der Waals surface area contributed by atoms with Crippen LogP contribution in [0.3, 0.4) is 0 Å². The van der Waals surface area contributed by atoms with Crippen LogP contribution in [0.1, 0.15) is 16.6 Å². The third-order valence-electron chi connectivity index (χ3n) is 2.84. The molecule has 5 heteroatoms. The summed E-state index contributed by atoms with van der Waals surface area (Å²) in [7, 11) is 0. The first-order chi connectivity index (χ1) is 9.22. The third kappa shape index (κ3) is 2.83. The number of nitrogens with two attached hydrogens (primary N) is 1. The molecule has 0 aliphatic carbocycles. The fourth-order valence-electron chi connectivity index (χ4n) is 1.96. The van der Waals surface area contributed by atoms with Gasteiger partial charge in [0.25, 0.3) is 0 Å². The number of hydrogen-bond donors (Lipinski definition) is 1. The fraction of sp³-hybridized carbons (Fsp3) is 0.143. The van der Waals surface area contributed by atoms with E-state index < -0.39 is 0 Å². The zero-order valence-corrected chi connectivity index (χ0v) is 12.5. The van der Waals surface area contributed by atoms with Crippen molar-refractivity contribution in [1.29, 1.82) is 0 Å². The molecule has 0 bridgehead atoms.